The van der Waals surface area contributed by atoms with Gasteiger partial charge in [-0.1, -0.05) is 0 Å². The third-order valence-corrected chi connectivity index (χ3v) is 2.74. The number of halogens is 3. The molecule has 0 saturated carbocycles. The van der Waals surface area contributed by atoms with Crippen LogP contribution in [0.5, 0.6) is 5.75 Å². The van der Waals surface area contributed by atoms with Crippen molar-refractivity contribution in [2.45, 2.75) is 12.8 Å². The molecule has 0 bridgehead atoms. The van der Waals surface area contributed by atoms with Crippen LogP contribution in [0.2, 0.25) is 0 Å². The summed E-state index contributed by atoms with van der Waals surface area (Å²) in [4.78, 5) is 0. The molecule has 0 aliphatic rings. The quantitative estimate of drug-likeness (QED) is 0.776. The lowest BCUT2D eigenvalue weighted by molar-refractivity contribution is 0.397. The number of hydrogen-bond acceptors (Lipinski definition) is 2. The number of ether oxygens (including phenoxy) is 1. The van der Waals surface area contributed by atoms with Crippen LogP contribution < -0.4 is 4.74 Å². The molecule has 2 nitrogen and oxygen atoms in total. The summed E-state index contributed by atoms with van der Waals surface area (Å²) < 4.78 is 31.3. The summed E-state index contributed by atoms with van der Waals surface area (Å²) in [5, 5.41) is 8.71. The second-order valence-corrected chi connectivity index (χ2v) is 3.75. The molecule has 0 fully saturated rings. The summed E-state index contributed by atoms with van der Waals surface area (Å²) in [6, 6.07) is 2.93. The summed E-state index contributed by atoms with van der Waals surface area (Å²) in [5.74, 6) is -2.20. The van der Waals surface area contributed by atoms with Crippen molar-refractivity contribution >= 4 is 15.9 Å². The van der Waals surface area contributed by atoms with Gasteiger partial charge < -0.3 is 4.74 Å². The standard InChI is InChI=1S/C10H8BrF2NO/c1-5(4-14)8-7(15-2)3-6(12)9(11)10(8)13/h3,5H,1-2H3. The van der Waals surface area contributed by atoms with Gasteiger partial charge in [-0.05, 0) is 22.9 Å². The van der Waals surface area contributed by atoms with E-state index in [1.54, 1.807) is 0 Å². The first kappa shape index (κ1) is 11.9. The Morgan fingerprint density at radius 3 is 2.60 bits per heavy atom. The maximum Gasteiger partial charge on any atom is 0.148 e. The minimum absolute atomic E-state index is 0.0438. The van der Waals surface area contributed by atoms with E-state index in [1.807, 2.05) is 6.07 Å². The number of methoxy groups -OCH3 is 1. The molecule has 0 heterocycles. The first-order valence-corrected chi connectivity index (χ1v) is 4.93. The Kier molecular flexibility index (Phi) is 3.64. The fourth-order valence-electron chi connectivity index (χ4n) is 1.22. The van der Waals surface area contributed by atoms with Crippen LogP contribution in [0.1, 0.15) is 18.4 Å². The van der Waals surface area contributed by atoms with Crippen molar-refractivity contribution in [1.82, 2.24) is 0 Å². The highest BCUT2D eigenvalue weighted by atomic mass is 79.9. The van der Waals surface area contributed by atoms with E-state index < -0.39 is 17.6 Å². The Labute approximate surface area is 94.6 Å². The average Bonchev–Trinajstić information content (AvgIpc) is 2.24. The van der Waals surface area contributed by atoms with Gasteiger partial charge in [-0.3, -0.25) is 0 Å². The summed E-state index contributed by atoms with van der Waals surface area (Å²) in [7, 11) is 1.30. The van der Waals surface area contributed by atoms with Gasteiger partial charge in [-0.2, -0.15) is 5.26 Å². The summed E-state index contributed by atoms with van der Waals surface area (Å²) in [5.41, 5.74) is 0.0632. The third kappa shape index (κ3) is 2.10. The van der Waals surface area contributed by atoms with Crippen molar-refractivity contribution in [1.29, 1.82) is 5.26 Å². The molecular weight excluding hydrogens is 268 g/mol. The molecule has 1 aromatic rings. The molecule has 1 atom stereocenters. The van der Waals surface area contributed by atoms with Gasteiger partial charge in [0.05, 0.1) is 23.6 Å². The van der Waals surface area contributed by atoms with E-state index in [-0.39, 0.29) is 15.8 Å². The maximum absolute atomic E-state index is 13.6. The predicted octanol–water partition coefficient (Wildman–Crippen LogP) is 3.36. The van der Waals surface area contributed by atoms with Crippen LogP contribution in [-0.4, -0.2) is 7.11 Å². The topological polar surface area (TPSA) is 33.0 Å². The number of rotatable bonds is 2. The van der Waals surface area contributed by atoms with Crippen molar-refractivity contribution in [3.05, 3.63) is 27.7 Å². The highest BCUT2D eigenvalue weighted by molar-refractivity contribution is 9.10. The Hall–Kier alpha value is -1.15. The van der Waals surface area contributed by atoms with Crippen LogP contribution in [0, 0.1) is 23.0 Å². The molecule has 0 saturated heterocycles. The first-order chi connectivity index (χ1) is 7.02. The number of benzene rings is 1. The molecule has 15 heavy (non-hydrogen) atoms. The SMILES string of the molecule is COc1cc(F)c(Br)c(F)c1C(C)C#N. The number of hydrogen-bond donors (Lipinski definition) is 0. The van der Waals surface area contributed by atoms with Crippen molar-refractivity contribution in [2.75, 3.05) is 7.11 Å². The minimum atomic E-state index is -0.791. The molecule has 1 rings (SSSR count). The van der Waals surface area contributed by atoms with Crippen LogP contribution in [0.15, 0.2) is 10.5 Å². The second kappa shape index (κ2) is 4.58. The maximum atomic E-state index is 13.6. The number of nitrogens with zero attached hydrogens (tertiary/aromatic N) is 1. The van der Waals surface area contributed by atoms with E-state index in [4.69, 9.17) is 10.00 Å². The van der Waals surface area contributed by atoms with Crippen LogP contribution in [-0.2, 0) is 0 Å². The summed E-state index contributed by atoms with van der Waals surface area (Å²) in [6.07, 6.45) is 0. The van der Waals surface area contributed by atoms with Gasteiger partial charge in [-0.15, -0.1) is 0 Å². The van der Waals surface area contributed by atoms with E-state index in [0.29, 0.717) is 0 Å². The zero-order chi connectivity index (χ0) is 11.6. The van der Waals surface area contributed by atoms with Gasteiger partial charge in [0.15, 0.2) is 0 Å². The average molecular weight is 276 g/mol. The zero-order valence-corrected chi connectivity index (χ0v) is 9.73. The van der Waals surface area contributed by atoms with Crippen LogP contribution in [0.25, 0.3) is 0 Å². The van der Waals surface area contributed by atoms with Gasteiger partial charge in [0.1, 0.15) is 17.4 Å². The molecule has 0 aliphatic carbocycles. The molecule has 0 spiro atoms. The molecule has 0 aliphatic heterocycles. The van der Waals surface area contributed by atoms with Crippen molar-refractivity contribution in [3.63, 3.8) is 0 Å². The highest BCUT2D eigenvalue weighted by Crippen LogP contribution is 2.35. The van der Waals surface area contributed by atoms with Gasteiger partial charge >= 0.3 is 0 Å². The lowest BCUT2D eigenvalue weighted by atomic mass is 10.0. The molecule has 1 unspecified atom stereocenters. The number of nitriles is 1. The Morgan fingerprint density at radius 2 is 2.13 bits per heavy atom. The fourth-order valence-corrected chi connectivity index (χ4v) is 1.55. The Bertz CT molecular complexity index is 428. The van der Waals surface area contributed by atoms with E-state index in [1.165, 1.54) is 14.0 Å². The largest absolute Gasteiger partial charge is 0.496 e. The molecule has 5 heteroatoms. The van der Waals surface area contributed by atoms with Gasteiger partial charge in [0.25, 0.3) is 0 Å². The molecule has 0 amide bonds. The molecular formula is C10H8BrF2NO. The van der Waals surface area contributed by atoms with Crippen molar-refractivity contribution in [3.8, 4) is 11.8 Å². The second-order valence-electron chi connectivity index (χ2n) is 2.95. The van der Waals surface area contributed by atoms with E-state index in [2.05, 4.69) is 15.9 Å². The third-order valence-electron chi connectivity index (χ3n) is 2.01. The smallest absolute Gasteiger partial charge is 0.148 e. The lowest BCUT2D eigenvalue weighted by Crippen LogP contribution is -2.02. The summed E-state index contributed by atoms with van der Waals surface area (Å²) in [6.45, 7) is 1.52. The van der Waals surface area contributed by atoms with Crippen LogP contribution in [0.3, 0.4) is 0 Å². The van der Waals surface area contributed by atoms with Crippen molar-refractivity contribution < 1.29 is 13.5 Å². The summed E-state index contributed by atoms with van der Waals surface area (Å²) >= 11 is 2.78. The predicted molar refractivity (Wildman–Crippen MR) is 54.6 cm³/mol. The lowest BCUT2D eigenvalue weighted by Gasteiger charge is -2.12. The molecule has 0 aromatic heterocycles. The monoisotopic (exact) mass is 275 g/mol. The van der Waals surface area contributed by atoms with Crippen LogP contribution >= 0.6 is 15.9 Å². The first-order valence-electron chi connectivity index (χ1n) is 4.13. The van der Waals surface area contributed by atoms with Gasteiger partial charge in [0, 0.05) is 11.6 Å². The molecule has 1 aromatic carbocycles. The molecule has 0 radical (unpaired) electrons. The highest BCUT2D eigenvalue weighted by Gasteiger charge is 2.21. The molecule has 0 N–H and O–H groups in total. The molecule has 80 valence electrons. The van der Waals surface area contributed by atoms with E-state index in [9.17, 15) is 8.78 Å². The van der Waals surface area contributed by atoms with Crippen LogP contribution in [0.4, 0.5) is 8.78 Å². The Balaban J connectivity index is 3.48. The Morgan fingerprint density at radius 1 is 1.53 bits per heavy atom. The van der Waals surface area contributed by atoms with E-state index >= 15 is 0 Å². The van der Waals surface area contributed by atoms with Gasteiger partial charge in [0.2, 0.25) is 0 Å². The van der Waals surface area contributed by atoms with E-state index in [0.717, 1.165) is 6.07 Å². The van der Waals surface area contributed by atoms with Gasteiger partial charge in [-0.25, -0.2) is 8.78 Å². The zero-order valence-electron chi connectivity index (χ0n) is 8.14. The minimum Gasteiger partial charge on any atom is -0.496 e. The van der Waals surface area contributed by atoms with Crippen molar-refractivity contribution in [2.24, 2.45) is 0 Å². The fraction of sp³-hybridized carbons (Fsp3) is 0.300. The normalized spacial score (nSPS) is 12.0.